The van der Waals surface area contributed by atoms with Gasteiger partial charge in [0.05, 0.1) is 31.3 Å². The van der Waals surface area contributed by atoms with Crippen LogP contribution in [0.4, 0.5) is 10.8 Å². The van der Waals surface area contributed by atoms with E-state index in [1.807, 2.05) is 78.2 Å². The van der Waals surface area contributed by atoms with E-state index in [2.05, 4.69) is 15.3 Å². The van der Waals surface area contributed by atoms with E-state index in [4.69, 9.17) is 20.2 Å². The molecule has 198 valence electrons. The number of nitrogens with two attached hydrogens (primary N) is 1. The standard InChI is InChI=1S/C30H23N5O3S2/c1-37-23-13-8-11-18(26(23)38-2)19-15-21(17-9-4-3-5-10-17)33-29-24(19)25(31)27(40-29)28(36)35-30-34-22(16-39-30)20-12-6-7-14-32-20/h3-16H,31H2,1-2H3,(H,34,35,36). The van der Waals surface area contributed by atoms with Crippen LogP contribution in [0.3, 0.4) is 0 Å². The quantitative estimate of drug-likeness (QED) is 0.214. The monoisotopic (exact) mass is 565 g/mol. The summed E-state index contributed by atoms with van der Waals surface area (Å²) < 4.78 is 11.3. The molecule has 0 saturated heterocycles. The van der Waals surface area contributed by atoms with Crippen LogP contribution in [0.5, 0.6) is 11.5 Å². The number of amides is 1. The lowest BCUT2D eigenvalue weighted by Gasteiger charge is -2.15. The molecule has 1 amide bonds. The van der Waals surface area contributed by atoms with Gasteiger partial charge in [-0.05, 0) is 24.3 Å². The molecule has 0 unspecified atom stereocenters. The molecule has 4 aromatic heterocycles. The average molecular weight is 566 g/mol. The molecule has 0 aliphatic heterocycles. The predicted molar refractivity (Wildman–Crippen MR) is 161 cm³/mol. The molecule has 6 aromatic rings. The molecule has 0 saturated carbocycles. The van der Waals surface area contributed by atoms with Crippen LogP contribution in [0.15, 0.2) is 84.4 Å². The predicted octanol–water partition coefficient (Wildman–Crippen LogP) is 7.00. The van der Waals surface area contributed by atoms with Crippen molar-refractivity contribution in [2.75, 3.05) is 25.3 Å². The molecule has 0 aliphatic carbocycles. The maximum Gasteiger partial charge on any atom is 0.269 e. The lowest BCUT2D eigenvalue weighted by molar-refractivity contribution is 0.103. The number of nitrogens with zero attached hydrogens (tertiary/aromatic N) is 3. The SMILES string of the molecule is COc1cccc(-c2cc(-c3ccccc3)nc3sc(C(=O)Nc4nc(-c5ccccn5)cs4)c(N)c23)c1OC. The van der Waals surface area contributed by atoms with Crippen molar-refractivity contribution in [2.45, 2.75) is 0 Å². The Kier molecular flexibility index (Phi) is 6.85. The number of rotatable bonds is 7. The summed E-state index contributed by atoms with van der Waals surface area (Å²) in [4.78, 5) is 28.2. The lowest BCUT2D eigenvalue weighted by Crippen LogP contribution is -2.11. The third kappa shape index (κ3) is 4.63. The number of hydrogen-bond donors (Lipinski definition) is 2. The summed E-state index contributed by atoms with van der Waals surface area (Å²) in [5.74, 6) is 0.802. The highest BCUT2D eigenvalue weighted by atomic mass is 32.1. The Morgan fingerprint density at radius 3 is 2.45 bits per heavy atom. The fourth-order valence-electron chi connectivity index (χ4n) is 4.48. The second-order valence-corrected chi connectivity index (χ2v) is 10.6. The van der Waals surface area contributed by atoms with Gasteiger partial charge in [-0.1, -0.05) is 48.5 Å². The number of carbonyl (C=O) groups excluding carboxylic acids is 1. The first kappa shape index (κ1) is 25.5. The first-order valence-corrected chi connectivity index (χ1v) is 13.9. The highest BCUT2D eigenvalue weighted by Gasteiger charge is 2.24. The number of nitrogen functional groups attached to an aromatic ring is 1. The summed E-state index contributed by atoms with van der Waals surface area (Å²) in [6, 6.07) is 23.1. The number of nitrogens with one attached hydrogen (secondary N) is 1. The number of pyridine rings is 2. The van der Waals surface area contributed by atoms with Crippen LogP contribution in [0, 0.1) is 0 Å². The van der Waals surface area contributed by atoms with Crippen molar-refractivity contribution in [3.05, 3.63) is 89.3 Å². The number of para-hydroxylation sites is 1. The summed E-state index contributed by atoms with van der Waals surface area (Å²) in [6.07, 6.45) is 1.70. The maximum absolute atomic E-state index is 13.5. The van der Waals surface area contributed by atoms with E-state index < -0.39 is 0 Å². The molecule has 0 spiro atoms. The van der Waals surface area contributed by atoms with Crippen LogP contribution < -0.4 is 20.5 Å². The lowest BCUT2D eigenvalue weighted by atomic mass is 9.98. The van der Waals surface area contributed by atoms with Gasteiger partial charge in [0.2, 0.25) is 0 Å². The minimum Gasteiger partial charge on any atom is -0.493 e. The average Bonchev–Trinajstić information content (AvgIpc) is 3.61. The van der Waals surface area contributed by atoms with E-state index in [1.54, 1.807) is 20.4 Å². The molecule has 40 heavy (non-hydrogen) atoms. The zero-order valence-electron chi connectivity index (χ0n) is 21.5. The number of hydrogen-bond acceptors (Lipinski definition) is 9. The zero-order valence-corrected chi connectivity index (χ0v) is 23.2. The van der Waals surface area contributed by atoms with Crippen LogP contribution in [0.2, 0.25) is 0 Å². The molecule has 2 aromatic carbocycles. The number of methoxy groups -OCH3 is 2. The number of aromatic nitrogens is 3. The van der Waals surface area contributed by atoms with Gasteiger partial charge in [-0.2, -0.15) is 0 Å². The second-order valence-electron chi connectivity index (χ2n) is 8.69. The highest BCUT2D eigenvalue weighted by Crippen LogP contribution is 2.46. The van der Waals surface area contributed by atoms with Gasteiger partial charge in [0.15, 0.2) is 16.6 Å². The van der Waals surface area contributed by atoms with Crippen molar-refractivity contribution < 1.29 is 14.3 Å². The minimum absolute atomic E-state index is 0.339. The normalized spacial score (nSPS) is 10.9. The first-order valence-electron chi connectivity index (χ1n) is 12.3. The number of anilines is 2. The number of fused-ring (bicyclic) bond motifs is 1. The maximum atomic E-state index is 13.5. The molecule has 0 radical (unpaired) electrons. The van der Waals surface area contributed by atoms with Gasteiger partial charge in [0, 0.05) is 33.7 Å². The van der Waals surface area contributed by atoms with Gasteiger partial charge < -0.3 is 15.2 Å². The van der Waals surface area contributed by atoms with Crippen LogP contribution in [0.25, 0.3) is 44.0 Å². The summed E-state index contributed by atoms with van der Waals surface area (Å²) in [5.41, 5.74) is 11.7. The minimum atomic E-state index is -0.354. The van der Waals surface area contributed by atoms with Crippen LogP contribution in [-0.2, 0) is 0 Å². The Hall–Kier alpha value is -4.80. The molecular weight excluding hydrogens is 542 g/mol. The van der Waals surface area contributed by atoms with E-state index in [1.165, 1.54) is 22.7 Å². The van der Waals surface area contributed by atoms with Crippen LogP contribution in [-0.4, -0.2) is 35.1 Å². The topological polar surface area (TPSA) is 112 Å². The van der Waals surface area contributed by atoms with Crippen molar-refractivity contribution >= 4 is 49.6 Å². The van der Waals surface area contributed by atoms with Gasteiger partial charge in [-0.15, -0.1) is 22.7 Å². The van der Waals surface area contributed by atoms with Gasteiger partial charge in [-0.3, -0.25) is 15.1 Å². The van der Waals surface area contributed by atoms with Gasteiger partial charge in [0.1, 0.15) is 15.4 Å². The summed E-state index contributed by atoms with van der Waals surface area (Å²) in [7, 11) is 3.19. The smallest absolute Gasteiger partial charge is 0.269 e. The summed E-state index contributed by atoms with van der Waals surface area (Å²) in [5, 5.41) is 5.88. The van der Waals surface area contributed by atoms with E-state index in [-0.39, 0.29) is 5.91 Å². The molecule has 0 atom stereocenters. The molecule has 0 bridgehead atoms. The molecule has 4 heterocycles. The highest BCUT2D eigenvalue weighted by molar-refractivity contribution is 7.21. The fraction of sp³-hybridized carbons (Fsp3) is 0.0667. The van der Waals surface area contributed by atoms with Gasteiger partial charge >= 0.3 is 0 Å². The third-order valence-electron chi connectivity index (χ3n) is 6.32. The third-order valence-corrected chi connectivity index (χ3v) is 8.18. The Labute approximate surface area is 238 Å². The van der Waals surface area contributed by atoms with Gasteiger partial charge in [0.25, 0.3) is 5.91 Å². The zero-order chi connectivity index (χ0) is 27.6. The Bertz CT molecular complexity index is 1840. The summed E-state index contributed by atoms with van der Waals surface area (Å²) in [6.45, 7) is 0. The first-order chi connectivity index (χ1) is 19.6. The van der Waals surface area contributed by atoms with Crippen molar-refractivity contribution in [1.29, 1.82) is 0 Å². The summed E-state index contributed by atoms with van der Waals surface area (Å²) >= 11 is 2.56. The number of thiazole rings is 1. The largest absolute Gasteiger partial charge is 0.493 e. The van der Waals surface area contributed by atoms with E-state index in [0.29, 0.717) is 43.1 Å². The fourth-order valence-corrected chi connectivity index (χ4v) is 6.19. The Balaban J connectivity index is 1.47. The van der Waals surface area contributed by atoms with Crippen LogP contribution in [0.1, 0.15) is 9.67 Å². The molecule has 6 rings (SSSR count). The van der Waals surface area contributed by atoms with Crippen molar-refractivity contribution in [2.24, 2.45) is 0 Å². The van der Waals surface area contributed by atoms with Crippen molar-refractivity contribution in [1.82, 2.24) is 15.0 Å². The van der Waals surface area contributed by atoms with Crippen molar-refractivity contribution in [3.63, 3.8) is 0 Å². The Morgan fingerprint density at radius 1 is 0.875 bits per heavy atom. The van der Waals surface area contributed by atoms with E-state index in [9.17, 15) is 4.79 Å². The van der Waals surface area contributed by atoms with Gasteiger partial charge in [-0.25, -0.2) is 9.97 Å². The van der Waals surface area contributed by atoms with Crippen molar-refractivity contribution in [3.8, 4) is 45.3 Å². The Morgan fingerprint density at radius 2 is 1.70 bits per heavy atom. The molecule has 8 nitrogen and oxygen atoms in total. The second kappa shape index (κ2) is 10.8. The number of thiophene rings is 1. The molecule has 0 fully saturated rings. The van der Waals surface area contributed by atoms with E-state index >= 15 is 0 Å². The molecule has 3 N–H and O–H groups in total. The molecule has 10 heteroatoms. The number of carbonyl (C=O) groups is 1. The number of benzene rings is 2. The van der Waals surface area contributed by atoms with Crippen LogP contribution >= 0.6 is 22.7 Å². The molecular formula is C30H23N5O3S2. The van der Waals surface area contributed by atoms with E-state index in [0.717, 1.165) is 28.1 Å². The molecule has 0 aliphatic rings. The number of ether oxygens (including phenoxy) is 2.